The molecule has 1 aromatic rings. The monoisotopic (exact) mass is 246 g/mol. The van der Waals surface area contributed by atoms with Crippen LogP contribution in [0.2, 0.25) is 0 Å². The van der Waals surface area contributed by atoms with Gasteiger partial charge in [-0.1, -0.05) is 30.7 Å². The van der Waals surface area contributed by atoms with Crippen LogP contribution in [0.5, 0.6) is 0 Å². The van der Waals surface area contributed by atoms with Crippen LogP contribution in [0.1, 0.15) is 42.5 Å². The van der Waals surface area contributed by atoms with E-state index in [4.69, 9.17) is 5.73 Å². The smallest absolute Gasteiger partial charge is 0.0473 e. The molecule has 0 aliphatic carbocycles. The van der Waals surface area contributed by atoms with E-state index in [2.05, 4.69) is 43.9 Å². The van der Waals surface area contributed by atoms with Crippen LogP contribution >= 0.6 is 0 Å². The van der Waals surface area contributed by atoms with E-state index in [0.717, 1.165) is 12.5 Å². The molecule has 1 aliphatic rings. The number of nitrogens with zero attached hydrogens (tertiary/aromatic N) is 1. The van der Waals surface area contributed by atoms with Gasteiger partial charge in [-0.25, -0.2) is 0 Å². The summed E-state index contributed by atoms with van der Waals surface area (Å²) in [5, 5.41) is 0. The molecule has 0 amide bonds. The van der Waals surface area contributed by atoms with Gasteiger partial charge >= 0.3 is 0 Å². The highest BCUT2D eigenvalue weighted by molar-refractivity contribution is 5.33. The first kappa shape index (κ1) is 13.6. The second kappa shape index (κ2) is 5.85. The molecule has 1 aromatic carbocycles. The Morgan fingerprint density at radius 2 is 1.94 bits per heavy atom. The summed E-state index contributed by atoms with van der Waals surface area (Å²) in [5.41, 5.74) is 10.2. The van der Waals surface area contributed by atoms with Gasteiger partial charge in [-0.2, -0.15) is 0 Å². The molecule has 0 bridgehead atoms. The zero-order chi connectivity index (χ0) is 13.1. The number of benzene rings is 1. The molecule has 2 N–H and O–H groups in total. The molecule has 2 rings (SSSR count). The maximum Gasteiger partial charge on any atom is 0.0473 e. The van der Waals surface area contributed by atoms with Gasteiger partial charge in [0.1, 0.15) is 0 Å². The van der Waals surface area contributed by atoms with E-state index >= 15 is 0 Å². The molecule has 1 heterocycles. The van der Waals surface area contributed by atoms with Gasteiger partial charge < -0.3 is 5.73 Å². The van der Waals surface area contributed by atoms with Crippen molar-refractivity contribution >= 4 is 0 Å². The highest BCUT2D eigenvalue weighted by Gasteiger charge is 2.24. The Labute approximate surface area is 111 Å². The molecular weight excluding hydrogens is 220 g/mol. The van der Waals surface area contributed by atoms with Gasteiger partial charge in [0, 0.05) is 12.6 Å². The second-order valence-corrected chi connectivity index (χ2v) is 5.83. The van der Waals surface area contributed by atoms with Gasteiger partial charge in [0.25, 0.3) is 0 Å². The largest absolute Gasteiger partial charge is 0.329 e. The van der Waals surface area contributed by atoms with Crippen LogP contribution in [0.15, 0.2) is 18.2 Å². The summed E-state index contributed by atoms with van der Waals surface area (Å²) in [6, 6.07) is 7.12. The van der Waals surface area contributed by atoms with Gasteiger partial charge in [0.05, 0.1) is 0 Å². The molecule has 0 aromatic heterocycles. The first-order chi connectivity index (χ1) is 8.61. The second-order valence-electron chi connectivity index (χ2n) is 5.83. The van der Waals surface area contributed by atoms with E-state index in [-0.39, 0.29) is 0 Å². The maximum atomic E-state index is 6.05. The normalized spacial score (nSPS) is 20.0. The minimum Gasteiger partial charge on any atom is -0.329 e. The summed E-state index contributed by atoms with van der Waals surface area (Å²) in [6.45, 7) is 9.82. The fraction of sp³-hybridized carbons (Fsp3) is 0.625. The van der Waals surface area contributed by atoms with E-state index in [1.165, 1.54) is 42.6 Å². The van der Waals surface area contributed by atoms with Crippen LogP contribution in [0.4, 0.5) is 0 Å². The minimum atomic E-state index is 0.400. The van der Waals surface area contributed by atoms with Crippen molar-refractivity contribution in [3.63, 3.8) is 0 Å². The summed E-state index contributed by atoms with van der Waals surface area (Å²) in [4.78, 5) is 2.57. The third-order valence-corrected chi connectivity index (χ3v) is 4.28. The number of hydrogen-bond donors (Lipinski definition) is 1. The van der Waals surface area contributed by atoms with Crippen molar-refractivity contribution in [1.82, 2.24) is 4.90 Å². The van der Waals surface area contributed by atoms with Crippen molar-refractivity contribution in [2.24, 2.45) is 11.7 Å². The Morgan fingerprint density at radius 1 is 1.28 bits per heavy atom. The summed E-state index contributed by atoms with van der Waals surface area (Å²) >= 11 is 0. The van der Waals surface area contributed by atoms with Crippen molar-refractivity contribution in [1.29, 1.82) is 0 Å². The molecule has 0 radical (unpaired) electrons. The standard InChI is InChI=1S/C16H26N2/c1-12-6-8-18(9-7-12)16(11-17)15-10-13(2)4-5-14(15)3/h4-5,10,12,16H,6-9,11,17H2,1-3H3. The van der Waals surface area contributed by atoms with Crippen LogP contribution in [-0.2, 0) is 0 Å². The van der Waals surface area contributed by atoms with E-state index in [1.54, 1.807) is 0 Å². The molecule has 1 aliphatic heterocycles. The predicted octanol–water partition coefficient (Wildman–Crippen LogP) is 3.04. The average molecular weight is 246 g/mol. The van der Waals surface area contributed by atoms with Crippen molar-refractivity contribution < 1.29 is 0 Å². The number of piperidine rings is 1. The van der Waals surface area contributed by atoms with Crippen molar-refractivity contribution in [2.45, 2.75) is 39.7 Å². The number of hydrogen-bond acceptors (Lipinski definition) is 2. The molecule has 1 atom stereocenters. The topological polar surface area (TPSA) is 29.3 Å². The highest BCUT2D eigenvalue weighted by Crippen LogP contribution is 2.28. The van der Waals surface area contributed by atoms with Crippen LogP contribution in [-0.4, -0.2) is 24.5 Å². The van der Waals surface area contributed by atoms with Crippen molar-refractivity contribution in [3.05, 3.63) is 34.9 Å². The van der Waals surface area contributed by atoms with Crippen molar-refractivity contribution in [2.75, 3.05) is 19.6 Å². The summed E-state index contributed by atoms with van der Waals surface area (Å²) in [6.07, 6.45) is 2.61. The van der Waals surface area contributed by atoms with Crippen LogP contribution in [0, 0.1) is 19.8 Å². The lowest BCUT2D eigenvalue weighted by Crippen LogP contribution is -2.39. The molecule has 1 saturated heterocycles. The van der Waals surface area contributed by atoms with E-state index < -0.39 is 0 Å². The maximum absolute atomic E-state index is 6.05. The Hall–Kier alpha value is -0.860. The molecule has 1 unspecified atom stereocenters. The molecule has 2 nitrogen and oxygen atoms in total. The van der Waals surface area contributed by atoms with E-state index in [1.807, 2.05) is 0 Å². The fourth-order valence-corrected chi connectivity index (χ4v) is 2.93. The fourth-order valence-electron chi connectivity index (χ4n) is 2.93. The van der Waals surface area contributed by atoms with Gasteiger partial charge in [-0.05, 0) is 56.8 Å². The Bertz CT molecular complexity index is 392. The lowest BCUT2D eigenvalue weighted by molar-refractivity contribution is 0.141. The third-order valence-electron chi connectivity index (χ3n) is 4.28. The molecule has 100 valence electrons. The average Bonchev–Trinajstić information content (AvgIpc) is 2.37. The van der Waals surface area contributed by atoms with E-state index in [9.17, 15) is 0 Å². The molecule has 1 fully saturated rings. The molecule has 0 saturated carbocycles. The number of nitrogens with two attached hydrogens (primary N) is 1. The number of likely N-dealkylation sites (tertiary alicyclic amines) is 1. The summed E-state index contributed by atoms with van der Waals surface area (Å²) in [7, 11) is 0. The predicted molar refractivity (Wildman–Crippen MR) is 77.7 cm³/mol. The van der Waals surface area contributed by atoms with Gasteiger partial charge in [0.15, 0.2) is 0 Å². The minimum absolute atomic E-state index is 0.400. The number of rotatable bonds is 3. The third kappa shape index (κ3) is 2.93. The lowest BCUT2D eigenvalue weighted by Gasteiger charge is -2.37. The molecule has 2 heteroatoms. The van der Waals surface area contributed by atoms with Crippen LogP contribution < -0.4 is 5.73 Å². The van der Waals surface area contributed by atoms with E-state index in [0.29, 0.717) is 6.04 Å². The zero-order valence-electron chi connectivity index (χ0n) is 11.9. The first-order valence-corrected chi connectivity index (χ1v) is 7.13. The van der Waals surface area contributed by atoms with Gasteiger partial charge in [-0.15, -0.1) is 0 Å². The van der Waals surface area contributed by atoms with Gasteiger partial charge in [0.2, 0.25) is 0 Å². The summed E-state index contributed by atoms with van der Waals surface area (Å²) < 4.78 is 0. The molecular formula is C16H26N2. The summed E-state index contributed by atoms with van der Waals surface area (Å²) in [5.74, 6) is 0.873. The Balaban J connectivity index is 2.19. The first-order valence-electron chi connectivity index (χ1n) is 7.13. The molecule has 18 heavy (non-hydrogen) atoms. The molecule has 0 spiro atoms. The number of aryl methyl sites for hydroxylation is 2. The Kier molecular flexibility index (Phi) is 4.41. The quantitative estimate of drug-likeness (QED) is 0.888. The lowest BCUT2D eigenvalue weighted by atomic mass is 9.93. The highest BCUT2D eigenvalue weighted by atomic mass is 15.2. The van der Waals surface area contributed by atoms with Gasteiger partial charge in [-0.3, -0.25) is 4.90 Å². The van der Waals surface area contributed by atoms with Crippen molar-refractivity contribution in [3.8, 4) is 0 Å². The zero-order valence-corrected chi connectivity index (χ0v) is 11.9. The Morgan fingerprint density at radius 3 is 2.56 bits per heavy atom. The van der Waals surface area contributed by atoms with Crippen LogP contribution in [0.25, 0.3) is 0 Å². The van der Waals surface area contributed by atoms with Crippen LogP contribution in [0.3, 0.4) is 0 Å². The SMILES string of the molecule is Cc1ccc(C)c(C(CN)N2CCC(C)CC2)c1.